The summed E-state index contributed by atoms with van der Waals surface area (Å²) in [4.78, 5) is 0. The molecule has 4 heteroatoms. The maximum Gasteiger partial charge on any atom is 0.123 e. The summed E-state index contributed by atoms with van der Waals surface area (Å²) in [5.41, 5.74) is 0.735. The quantitative estimate of drug-likeness (QED) is 0.907. The van der Waals surface area contributed by atoms with Crippen LogP contribution in [0.2, 0.25) is 5.02 Å². The number of hydrogen-bond acceptors (Lipinski definition) is 2. The summed E-state index contributed by atoms with van der Waals surface area (Å²) in [7, 11) is 0. The first kappa shape index (κ1) is 14.8. The van der Waals surface area contributed by atoms with E-state index in [-0.39, 0.29) is 5.82 Å². The second-order valence-electron chi connectivity index (χ2n) is 4.68. The Hall–Kier alpha value is -1.58. The smallest absolute Gasteiger partial charge is 0.123 e. The van der Waals surface area contributed by atoms with E-state index in [0.717, 1.165) is 5.56 Å². The fourth-order valence-corrected chi connectivity index (χ4v) is 2.09. The van der Waals surface area contributed by atoms with Gasteiger partial charge in [-0.25, -0.2) is 4.39 Å². The topological polar surface area (TPSA) is 29.5 Å². The van der Waals surface area contributed by atoms with Gasteiger partial charge in [0.15, 0.2) is 0 Å². The molecule has 0 amide bonds. The van der Waals surface area contributed by atoms with E-state index < -0.39 is 12.2 Å². The summed E-state index contributed by atoms with van der Waals surface area (Å²) >= 11 is 5.87. The highest BCUT2D eigenvalue weighted by molar-refractivity contribution is 6.30. The van der Waals surface area contributed by atoms with Crippen LogP contribution in [0.25, 0.3) is 0 Å². The van der Waals surface area contributed by atoms with Crippen molar-refractivity contribution in [3.63, 3.8) is 0 Å². The van der Waals surface area contributed by atoms with Crippen LogP contribution in [0.15, 0.2) is 48.5 Å². The molecule has 0 spiro atoms. The van der Waals surface area contributed by atoms with Crippen molar-refractivity contribution >= 4 is 11.6 Å². The summed E-state index contributed by atoms with van der Waals surface area (Å²) in [5, 5.41) is 10.7. The summed E-state index contributed by atoms with van der Waals surface area (Å²) in [5.74, 6) is 0.293. The molecule has 106 valence electrons. The van der Waals surface area contributed by atoms with Crippen molar-refractivity contribution < 1.29 is 14.2 Å². The molecule has 1 N–H and O–H groups in total. The zero-order chi connectivity index (χ0) is 14.5. The molecule has 0 bridgehead atoms. The Morgan fingerprint density at radius 3 is 2.65 bits per heavy atom. The molecule has 0 saturated heterocycles. The molecule has 2 rings (SSSR count). The van der Waals surface area contributed by atoms with E-state index in [9.17, 15) is 9.50 Å². The van der Waals surface area contributed by atoms with Gasteiger partial charge in [0, 0.05) is 11.4 Å². The van der Waals surface area contributed by atoms with Gasteiger partial charge in [0.05, 0.1) is 6.10 Å². The standard InChI is InChI=1S/C16H16ClFO2/c1-11(20-15-7-3-5-13(17)10-15)16(19)9-12-4-2-6-14(18)8-12/h2-8,10-11,16,19H,9H2,1H3. The van der Waals surface area contributed by atoms with Crippen LogP contribution in [-0.4, -0.2) is 17.3 Å². The Morgan fingerprint density at radius 1 is 1.20 bits per heavy atom. The first-order valence-electron chi connectivity index (χ1n) is 6.39. The van der Waals surface area contributed by atoms with Crippen molar-refractivity contribution in [3.8, 4) is 5.75 Å². The first-order chi connectivity index (χ1) is 9.54. The van der Waals surface area contributed by atoms with Crippen molar-refractivity contribution in [1.29, 1.82) is 0 Å². The van der Waals surface area contributed by atoms with Gasteiger partial charge < -0.3 is 9.84 Å². The number of rotatable bonds is 5. The zero-order valence-electron chi connectivity index (χ0n) is 11.1. The van der Waals surface area contributed by atoms with Gasteiger partial charge in [0.25, 0.3) is 0 Å². The Bertz CT molecular complexity index is 522. The van der Waals surface area contributed by atoms with Crippen molar-refractivity contribution in [2.24, 2.45) is 0 Å². The lowest BCUT2D eigenvalue weighted by atomic mass is 10.0. The van der Waals surface area contributed by atoms with E-state index in [1.54, 1.807) is 43.3 Å². The molecule has 0 aromatic heterocycles. The van der Waals surface area contributed by atoms with Crippen LogP contribution in [0, 0.1) is 5.82 Å². The maximum atomic E-state index is 13.1. The van der Waals surface area contributed by atoms with Gasteiger partial charge in [-0.3, -0.25) is 0 Å². The maximum absolute atomic E-state index is 13.1. The number of hydrogen-bond donors (Lipinski definition) is 1. The minimum Gasteiger partial charge on any atom is -0.488 e. The fraction of sp³-hybridized carbons (Fsp3) is 0.250. The largest absolute Gasteiger partial charge is 0.488 e. The predicted octanol–water partition coefficient (Wildman–Crippen LogP) is 3.85. The molecule has 2 unspecified atom stereocenters. The van der Waals surface area contributed by atoms with Gasteiger partial charge in [-0.1, -0.05) is 29.8 Å². The Balaban J connectivity index is 1.96. The molecule has 2 aromatic carbocycles. The molecular weight excluding hydrogens is 279 g/mol. The molecule has 2 aromatic rings. The average Bonchev–Trinajstić information content (AvgIpc) is 2.38. The number of ether oxygens (including phenoxy) is 1. The van der Waals surface area contributed by atoms with Gasteiger partial charge >= 0.3 is 0 Å². The van der Waals surface area contributed by atoms with Gasteiger partial charge in [-0.05, 0) is 42.8 Å². The molecule has 0 heterocycles. The van der Waals surface area contributed by atoms with Crippen molar-refractivity contribution in [2.45, 2.75) is 25.6 Å². The van der Waals surface area contributed by atoms with Gasteiger partial charge in [-0.15, -0.1) is 0 Å². The normalized spacial score (nSPS) is 13.8. The third-order valence-corrected chi connectivity index (χ3v) is 3.23. The van der Waals surface area contributed by atoms with E-state index in [1.165, 1.54) is 12.1 Å². The number of benzene rings is 2. The molecule has 0 aliphatic heterocycles. The van der Waals surface area contributed by atoms with Crippen molar-refractivity contribution in [2.75, 3.05) is 0 Å². The van der Waals surface area contributed by atoms with E-state index in [2.05, 4.69) is 0 Å². The van der Waals surface area contributed by atoms with Crippen LogP contribution in [0.1, 0.15) is 12.5 Å². The molecule has 0 aliphatic rings. The molecule has 0 aliphatic carbocycles. The minimum absolute atomic E-state index is 0.307. The summed E-state index contributed by atoms with van der Waals surface area (Å²) < 4.78 is 18.7. The van der Waals surface area contributed by atoms with Crippen LogP contribution < -0.4 is 4.74 Å². The summed E-state index contributed by atoms with van der Waals surface area (Å²) in [6.45, 7) is 1.77. The van der Waals surface area contributed by atoms with E-state index >= 15 is 0 Å². The molecule has 0 radical (unpaired) electrons. The Morgan fingerprint density at radius 2 is 1.95 bits per heavy atom. The number of halogens is 2. The summed E-state index contributed by atoms with van der Waals surface area (Å²) in [6.07, 6.45) is -0.813. The molecular formula is C16H16ClFO2. The predicted molar refractivity (Wildman–Crippen MR) is 77.7 cm³/mol. The molecule has 0 saturated carbocycles. The van der Waals surface area contributed by atoms with E-state index in [0.29, 0.717) is 17.2 Å². The SMILES string of the molecule is CC(Oc1cccc(Cl)c1)C(O)Cc1cccc(F)c1. The fourth-order valence-electron chi connectivity index (χ4n) is 1.90. The number of aliphatic hydroxyl groups excluding tert-OH is 1. The van der Waals surface area contributed by atoms with Crippen molar-refractivity contribution in [1.82, 2.24) is 0 Å². The van der Waals surface area contributed by atoms with Crippen LogP contribution in [0.4, 0.5) is 4.39 Å². The van der Waals surface area contributed by atoms with Gasteiger partial charge in [0.2, 0.25) is 0 Å². The second kappa shape index (κ2) is 6.73. The third kappa shape index (κ3) is 4.22. The number of aliphatic hydroxyl groups is 1. The second-order valence-corrected chi connectivity index (χ2v) is 5.12. The van der Waals surface area contributed by atoms with E-state index in [1.807, 2.05) is 0 Å². The lowest BCUT2D eigenvalue weighted by molar-refractivity contribution is 0.0478. The van der Waals surface area contributed by atoms with Crippen LogP contribution in [0.3, 0.4) is 0 Å². The molecule has 2 atom stereocenters. The van der Waals surface area contributed by atoms with Gasteiger partial charge in [-0.2, -0.15) is 0 Å². The average molecular weight is 295 g/mol. The Kier molecular flexibility index (Phi) is 4.99. The highest BCUT2D eigenvalue weighted by Crippen LogP contribution is 2.20. The summed E-state index contributed by atoms with van der Waals surface area (Å²) in [6, 6.07) is 13.2. The highest BCUT2D eigenvalue weighted by Gasteiger charge is 2.17. The Labute approximate surface area is 122 Å². The van der Waals surface area contributed by atoms with E-state index in [4.69, 9.17) is 16.3 Å². The molecule has 0 fully saturated rings. The third-order valence-electron chi connectivity index (χ3n) is 2.99. The lowest BCUT2D eigenvalue weighted by Gasteiger charge is -2.20. The highest BCUT2D eigenvalue weighted by atomic mass is 35.5. The zero-order valence-corrected chi connectivity index (χ0v) is 11.8. The lowest BCUT2D eigenvalue weighted by Crippen LogP contribution is -2.30. The van der Waals surface area contributed by atoms with Crippen LogP contribution >= 0.6 is 11.6 Å². The van der Waals surface area contributed by atoms with Gasteiger partial charge in [0.1, 0.15) is 17.7 Å². The monoisotopic (exact) mass is 294 g/mol. The molecule has 20 heavy (non-hydrogen) atoms. The van der Waals surface area contributed by atoms with Crippen LogP contribution in [0.5, 0.6) is 5.75 Å². The van der Waals surface area contributed by atoms with Crippen LogP contribution in [-0.2, 0) is 6.42 Å². The molecule has 2 nitrogen and oxygen atoms in total. The minimum atomic E-state index is -0.726. The first-order valence-corrected chi connectivity index (χ1v) is 6.77. The van der Waals surface area contributed by atoms with Crippen molar-refractivity contribution in [3.05, 3.63) is 64.9 Å².